The van der Waals surface area contributed by atoms with Gasteiger partial charge in [0.1, 0.15) is 0 Å². The number of hydrogen-bond acceptors (Lipinski definition) is 3. The molecule has 112 valence electrons. The van der Waals surface area contributed by atoms with Crippen LogP contribution in [0.2, 0.25) is 5.02 Å². The summed E-state index contributed by atoms with van der Waals surface area (Å²) in [7, 11) is 0. The van der Waals surface area contributed by atoms with Gasteiger partial charge in [-0.05, 0) is 41.8 Å². The van der Waals surface area contributed by atoms with Crippen molar-refractivity contribution in [2.45, 2.75) is 19.8 Å². The average Bonchev–Trinajstić information content (AvgIpc) is 2.88. The number of benzene rings is 2. The van der Waals surface area contributed by atoms with E-state index in [1.54, 1.807) is 6.07 Å². The minimum atomic E-state index is -0.152. The normalized spacial score (nSPS) is 11.1. The summed E-state index contributed by atoms with van der Waals surface area (Å²) in [6.07, 6.45) is 0. The van der Waals surface area contributed by atoms with Crippen LogP contribution in [0.5, 0.6) is 0 Å². The van der Waals surface area contributed by atoms with E-state index in [0.29, 0.717) is 21.6 Å². The maximum atomic E-state index is 12.3. The Morgan fingerprint density at radius 3 is 2.59 bits per heavy atom. The standard InChI is InChI=1S/C17H15ClN2OS/c1-10(2)11-3-5-12(6-4-11)16(21)20-17-19-14-8-7-13(18)9-15(14)22-17/h3-10H,1-2H3,(H,19,20,21). The number of amides is 1. The van der Waals surface area contributed by atoms with E-state index in [2.05, 4.69) is 24.1 Å². The Bertz CT molecular complexity index is 824. The van der Waals surface area contributed by atoms with Crippen molar-refractivity contribution in [1.82, 2.24) is 4.98 Å². The molecule has 0 bridgehead atoms. The van der Waals surface area contributed by atoms with E-state index in [0.717, 1.165) is 10.2 Å². The number of aromatic nitrogens is 1. The van der Waals surface area contributed by atoms with Crippen molar-refractivity contribution in [2.24, 2.45) is 0 Å². The summed E-state index contributed by atoms with van der Waals surface area (Å²) >= 11 is 7.38. The van der Waals surface area contributed by atoms with Crippen molar-refractivity contribution in [3.63, 3.8) is 0 Å². The zero-order chi connectivity index (χ0) is 15.7. The molecule has 0 radical (unpaired) electrons. The van der Waals surface area contributed by atoms with Gasteiger partial charge in [0.15, 0.2) is 5.13 Å². The van der Waals surface area contributed by atoms with Gasteiger partial charge in [0.25, 0.3) is 5.91 Å². The minimum absolute atomic E-state index is 0.152. The molecule has 22 heavy (non-hydrogen) atoms. The van der Waals surface area contributed by atoms with Crippen molar-refractivity contribution < 1.29 is 4.79 Å². The highest BCUT2D eigenvalue weighted by molar-refractivity contribution is 7.22. The van der Waals surface area contributed by atoms with E-state index < -0.39 is 0 Å². The molecule has 0 saturated carbocycles. The lowest BCUT2D eigenvalue weighted by molar-refractivity contribution is 0.102. The number of carbonyl (C=O) groups excluding carboxylic acids is 1. The minimum Gasteiger partial charge on any atom is -0.298 e. The number of carbonyl (C=O) groups is 1. The van der Waals surface area contributed by atoms with Crippen LogP contribution in [0, 0.1) is 0 Å². The molecule has 1 amide bonds. The number of hydrogen-bond donors (Lipinski definition) is 1. The molecule has 2 aromatic carbocycles. The first-order chi connectivity index (χ1) is 10.5. The molecule has 1 N–H and O–H groups in total. The van der Waals surface area contributed by atoms with Crippen LogP contribution in [0.4, 0.5) is 5.13 Å². The number of anilines is 1. The third-order valence-corrected chi connectivity index (χ3v) is 4.58. The molecule has 0 aliphatic carbocycles. The SMILES string of the molecule is CC(C)c1ccc(C(=O)Nc2nc3ccc(Cl)cc3s2)cc1. The van der Waals surface area contributed by atoms with Crippen LogP contribution in [0.1, 0.15) is 35.7 Å². The number of halogens is 1. The lowest BCUT2D eigenvalue weighted by atomic mass is 10.0. The van der Waals surface area contributed by atoms with E-state index in [1.165, 1.54) is 16.9 Å². The molecule has 0 saturated heterocycles. The van der Waals surface area contributed by atoms with Gasteiger partial charge in [-0.15, -0.1) is 0 Å². The number of rotatable bonds is 3. The predicted molar refractivity (Wildman–Crippen MR) is 93.1 cm³/mol. The van der Waals surface area contributed by atoms with Crippen LogP contribution in [0.25, 0.3) is 10.2 Å². The second kappa shape index (κ2) is 6.07. The van der Waals surface area contributed by atoms with Crippen LogP contribution < -0.4 is 5.32 Å². The largest absolute Gasteiger partial charge is 0.298 e. The van der Waals surface area contributed by atoms with Crippen molar-refractivity contribution in [2.75, 3.05) is 5.32 Å². The van der Waals surface area contributed by atoms with Gasteiger partial charge in [0.2, 0.25) is 0 Å². The number of nitrogens with one attached hydrogen (secondary N) is 1. The molecule has 0 spiro atoms. The van der Waals surface area contributed by atoms with Gasteiger partial charge in [-0.25, -0.2) is 4.98 Å². The highest BCUT2D eigenvalue weighted by Crippen LogP contribution is 2.28. The van der Waals surface area contributed by atoms with Gasteiger partial charge in [-0.1, -0.05) is 48.9 Å². The molecular weight excluding hydrogens is 316 g/mol. The maximum Gasteiger partial charge on any atom is 0.257 e. The summed E-state index contributed by atoms with van der Waals surface area (Å²) in [5.41, 5.74) is 2.67. The Balaban J connectivity index is 1.80. The summed E-state index contributed by atoms with van der Waals surface area (Å²) in [6, 6.07) is 13.1. The fourth-order valence-corrected chi connectivity index (χ4v) is 3.28. The maximum absolute atomic E-state index is 12.3. The van der Waals surface area contributed by atoms with Crippen LogP contribution in [0.15, 0.2) is 42.5 Å². The van der Waals surface area contributed by atoms with E-state index in [-0.39, 0.29) is 5.91 Å². The molecule has 3 nitrogen and oxygen atoms in total. The quantitative estimate of drug-likeness (QED) is 0.705. The predicted octanol–water partition coefficient (Wildman–Crippen LogP) is 5.33. The van der Waals surface area contributed by atoms with E-state index in [4.69, 9.17) is 11.6 Å². The van der Waals surface area contributed by atoms with Crippen molar-refractivity contribution in [1.29, 1.82) is 0 Å². The highest BCUT2D eigenvalue weighted by Gasteiger charge is 2.10. The number of nitrogens with zero attached hydrogens (tertiary/aromatic N) is 1. The monoisotopic (exact) mass is 330 g/mol. The Labute approximate surface area is 138 Å². The van der Waals surface area contributed by atoms with Crippen LogP contribution >= 0.6 is 22.9 Å². The first-order valence-corrected chi connectivity index (χ1v) is 8.20. The highest BCUT2D eigenvalue weighted by atomic mass is 35.5. The van der Waals surface area contributed by atoms with Crippen molar-refractivity contribution in [3.05, 3.63) is 58.6 Å². The Morgan fingerprint density at radius 1 is 1.18 bits per heavy atom. The molecule has 0 fully saturated rings. The summed E-state index contributed by atoms with van der Waals surface area (Å²) in [6.45, 7) is 4.25. The zero-order valence-corrected chi connectivity index (χ0v) is 13.8. The lowest BCUT2D eigenvalue weighted by Crippen LogP contribution is -2.11. The molecule has 0 aliphatic rings. The molecule has 1 heterocycles. The molecule has 0 atom stereocenters. The zero-order valence-electron chi connectivity index (χ0n) is 12.3. The van der Waals surface area contributed by atoms with E-state index in [9.17, 15) is 4.79 Å². The molecule has 1 aromatic heterocycles. The molecule has 3 aromatic rings. The van der Waals surface area contributed by atoms with Crippen LogP contribution in [-0.2, 0) is 0 Å². The molecular formula is C17H15ClN2OS. The third kappa shape index (κ3) is 3.13. The Morgan fingerprint density at radius 2 is 1.91 bits per heavy atom. The van der Waals surface area contributed by atoms with Gasteiger partial charge >= 0.3 is 0 Å². The summed E-state index contributed by atoms with van der Waals surface area (Å²) in [5, 5.41) is 4.09. The molecule has 3 rings (SSSR count). The molecule has 0 unspecified atom stereocenters. The Kier molecular flexibility index (Phi) is 4.14. The topological polar surface area (TPSA) is 42.0 Å². The Hall–Kier alpha value is -1.91. The summed E-state index contributed by atoms with van der Waals surface area (Å²) in [4.78, 5) is 16.7. The number of thiazole rings is 1. The van der Waals surface area contributed by atoms with Crippen LogP contribution in [-0.4, -0.2) is 10.9 Å². The van der Waals surface area contributed by atoms with Gasteiger partial charge in [0, 0.05) is 10.6 Å². The van der Waals surface area contributed by atoms with E-state index in [1.807, 2.05) is 36.4 Å². The first-order valence-electron chi connectivity index (χ1n) is 7.00. The first kappa shape index (κ1) is 15.0. The average molecular weight is 331 g/mol. The summed E-state index contributed by atoms with van der Waals surface area (Å²) in [5.74, 6) is 0.298. The third-order valence-electron chi connectivity index (χ3n) is 3.41. The second-order valence-electron chi connectivity index (χ2n) is 5.36. The lowest BCUT2D eigenvalue weighted by Gasteiger charge is -2.06. The van der Waals surface area contributed by atoms with Crippen LogP contribution in [0.3, 0.4) is 0 Å². The van der Waals surface area contributed by atoms with Gasteiger partial charge in [-0.3, -0.25) is 10.1 Å². The van der Waals surface area contributed by atoms with Crippen molar-refractivity contribution >= 4 is 44.2 Å². The van der Waals surface area contributed by atoms with Gasteiger partial charge in [-0.2, -0.15) is 0 Å². The smallest absolute Gasteiger partial charge is 0.257 e. The molecule has 5 heteroatoms. The molecule has 0 aliphatic heterocycles. The summed E-state index contributed by atoms with van der Waals surface area (Å²) < 4.78 is 0.956. The van der Waals surface area contributed by atoms with Crippen molar-refractivity contribution in [3.8, 4) is 0 Å². The van der Waals surface area contributed by atoms with Gasteiger partial charge < -0.3 is 0 Å². The number of fused-ring (bicyclic) bond motifs is 1. The van der Waals surface area contributed by atoms with E-state index >= 15 is 0 Å². The second-order valence-corrected chi connectivity index (χ2v) is 6.83. The van der Waals surface area contributed by atoms with Gasteiger partial charge in [0.05, 0.1) is 10.2 Å². The fraction of sp³-hybridized carbons (Fsp3) is 0.176. The fourth-order valence-electron chi connectivity index (χ4n) is 2.14.